The molecule has 0 saturated carbocycles. The van der Waals surface area contributed by atoms with Gasteiger partial charge in [-0.15, -0.1) is 0 Å². The van der Waals surface area contributed by atoms with Crippen LogP contribution in [0, 0.1) is 6.92 Å². The highest BCUT2D eigenvalue weighted by Gasteiger charge is 2.11. The zero-order chi connectivity index (χ0) is 16.6. The van der Waals surface area contributed by atoms with E-state index in [1.165, 1.54) is 12.1 Å². The van der Waals surface area contributed by atoms with Gasteiger partial charge in [0.1, 0.15) is 0 Å². The van der Waals surface area contributed by atoms with Gasteiger partial charge in [-0.2, -0.15) is 0 Å². The molecule has 4 nitrogen and oxygen atoms in total. The lowest BCUT2D eigenvalue weighted by molar-refractivity contribution is 0.102. The Morgan fingerprint density at radius 2 is 1.87 bits per heavy atom. The van der Waals surface area contributed by atoms with Crippen LogP contribution in [0.1, 0.15) is 15.9 Å². The Morgan fingerprint density at radius 1 is 1.09 bits per heavy atom. The summed E-state index contributed by atoms with van der Waals surface area (Å²) < 4.78 is 0. The SMILES string of the molecule is Cc1cc(=O)[nH]c2ccc(NC(=O)c3ccc(Cl)cc3Cl)cc12. The van der Waals surface area contributed by atoms with Crippen molar-refractivity contribution in [3.8, 4) is 0 Å². The molecule has 6 heteroatoms. The lowest BCUT2D eigenvalue weighted by Gasteiger charge is -2.09. The maximum Gasteiger partial charge on any atom is 0.257 e. The van der Waals surface area contributed by atoms with Crippen molar-refractivity contribution in [3.63, 3.8) is 0 Å². The summed E-state index contributed by atoms with van der Waals surface area (Å²) in [6.07, 6.45) is 0. The summed E-state index contributed by atoms with van der Waals surface area (Å²) in [5, 5.41) is 4.42. The topological polar surface area (TPSA) is 62.0 Å². The first kappa shape index (κ1) is 15.6. The molecule has 0 aliphatic rings. The highest BCUT2D eigenvalue weighted by molar-refractivity contribution is 6.37. The second-order valence-electron chi connectivity index (χ2n) is 5.16. The Labute approximate surface area is 142 Å². The van der Waals surface area contributed by atoms with Crippen LogP contribution in [-0.2, 0) is 0 Å². The van der Waals surface area contributed by atoms with Gasteiger partial charge in [0.2, 0.25) is 5.56 Å². The predicted octanol–water partition coefficient (Wildman–Crippen LogP) is 4.40. The number of carbonyl (C=O) groups excluding carboxylic acids is 1. The number of amides is 1. The Balaban J connectivity index is 1.95. The van der Waals surface area contributed by atoms with E-state index in [1.807, 2.05) is 13.0 Å². The number of benzene rings is 2. The quantitative estimate of drug-likeness (QED) is 0.722. The summed E-state index contributed by atoms with van der Waals surface area (Å²) in [5.41, 5.74) is 2.36. The summed E-state index contributed by atoms with van der Waals surface area (Å²) in [5.74, 6) is -0.326. The van der Waals surface area contributed by atoms with Gasteiger partial charge in [0.05, 0.1) is 10.6 Å². The maximum atomic E-state index is 12.3. The molecular weight excluding hydrogens is 335 g/mol. The number of anilines is 1. The minimum absolute atomic E-state index is 0.153. The van der Waals surface area contributed by atoms with Crippen molar-refractivity contribution in [2.24, 2.45) is 0 Å². The molecule has 0 aliphatic carbocycles. The zero-order valence-electron chi connectivity index (χ0n) is 12.1. The summed E-state index contributed by atoms with van der Waals surface area (Å²) in [6, 6.07) is 11.5. The van der Waals surface area contributed by atoms with E-state index in [4.69, 9.17) is 23.2 Å². The van der Waals surface area contributed by atoms with Crippen LogP contribution in [0.4, 0.5) is 5.69 Å². The van der Waals surface area contributed by atoms with E-state index in [-0.39, 0.29) is 16.5 Å². The van der Waals surface area contributed by atoms with Crippen LogP contribution in [0.5, 0.6) is 0 Å². The fraction of sp³-hybridized carbons (Fsp3) is 0.0588. The molecule has 2 aromatic carbocycles. The molecule has 0 atom stereocenters. The monoisotopic (exact) mass is 346 g/mol. The molecule has 1 heterocycles. The Kier molecular flexibility index (Phi) is 4.11. The number of aryl methyl sites for hydroxylation is 1. The fourth-order valence-electron chi connectivity index (χ4n) is 2.37. The third kappa shape index (κ3) is 3.23. The van der Waals surface area contributed by atoms with Crippen LogP contribution in [0.3, 0.4) is 0 Å². The Bertz CT molecular complexity index is 980. The van der Waals surface area contributed by atoms with Gasteiger partial charge >= 0.3 is 0 Å². The molecule has 2 N–H and O–H groups in total. The first-order chi connectivity index (χ1) is 10.9. The molecule has 0 spiro atoms. The number of halogens is 2. The van der Waals surface area contributed by atoms with E-state index in [9.17, 15) is 9.59 Å². The molecule has 0 unspecified atom stereocenters. The van der Waals surface area contributed by atoms with E-state index >= 15 is 0 Å². The maximum absolute atomic E-state index is 12.3. The number of aromatic amines is 1. The summed E-state index contributed by atoms with van der Waals surface area (Å²) in [6.45, 7) is 1.85. The molecular formula is C17H12Cl2N2O2. The van der Waals surface area contributed by atoms with Gasteiger partial charge in [-0.1, -0.05) is 23.2 Å². The van der Waals surface area contributed by atoms with Gasteiger partial charge in [-0.25, -0.2) is 0 Å². The van der Waals surface area contributed by atoms with Gasteiger partial charge in [-0.3, -0.25) is 9.59 Å². The molecule has 0 saturated heterocycles. The second-order valence-corrected chi connectivity index (χ2v) is 6.00. The van der Waals surface area contributed by atoms with E-state index in [1.54, 1.807) is 24.3 Å². The average Bonchev–Trinajstić information content (AvgIpc) is 2.47. The third-order valence-corrected chi connectivity index (χ3v) is 4.03. The molecule has 0 radical (unpaired) electrons. The van der Waals surface area contributed by atoms with E-state index < -0.39 is 0 Å². The molecule has 23 heavy (non-hydrogen) atoms. The van der Waals surface area contributed by atoms with Crippen LogP contribution in [0.25, 0.3) is 10.9 Å². The minimum atomic E-state index is -0.326. The Morgan fingerprint density at radius 3 is 2.61 bits per heavy atom. The molecule has 0 bridgehead atoms. The molecule has 1 aromatic heterocycles. The van der Waals surface area contributed by atoms with Crippen molar-refractivity contribution in [2.45, 2.75) is 6.92 Å². The summed E-state index contributed by atoms with van der Waals surface area (Å²) in [4.78, 5) is 26.5. The van der Waals surface area contributed by atoms with E-state index in [2.05, 4.69) is 10.3 Å². The number of nitrogens with one attached hydrogen (secondary N) is 2. The largest absolute Gasteiger partial charge is 0.322 e. The van der Waals surface area contributed by atoms with Crippen LogP contribution in [0.2, 0.25) is 10.0 Å². The van der Waals surface area contributed by atoms with Crippen molar-refractivity contribution in [1.82, 2.24) is 4.98 Å². The van der Waals surface area contributed by atoms with Crippen LogP contribution in [0.15, 0.2) is 47.3 Å². The number of carbonyl (C=O) groups is 1. The molecule has 3 aromatic rings. The standard InChI is InChI=1S/C17H12Cl2N2O2/c1-9-6-16(22)21-15-5-3-11(8-13(9)15)20-17(23)12-4-2-10(18)7-14(12)19/h2-8H,1H3,(H,20,23)(H,21,22). The summed E-state index contributed by atoms with van der Waals surface area (Å²) >= 11 is 11.9. The molecule has 0 aliphatic heterocycles. The van der Waals surface area contributed by atoms with Gasteiger partial charge in [-0.05, 0) is 48.9 Å². The summed E-state index contributed by atoms with van der Waals surface area (Å²) in [7, 11) is 0. The fourth-order valence-corrected chi connectivity index (χ4v) is 2.87. The number of hydrogen-bond acceptors (Lipinski definition) is 2. The van der Waals surface area contributed by atoms with Crippen molar-refractivity contribution in [3.05, 3.63) is 74.0 Å². The van der Waals surface area contributed by atoms with E-state index in [0.717, 1.165) is 16.5 Å². The highest BCUT2D eigenvalue weighted by Crippen LogP contribution is 2.23. The number of rotatable bonds is 2. The zero-order valence-corrected chi connectivity index (χ0v) is 13.6. The predicted molar refractivity (Wildman–Crippen MR) is 93.7 cm³/mol. The molecule has 116 valence electrons. The van der Waals surface area contributed by atoms with Crippen LogP contribution < -0.4 is 10.9 Å². The normalized spacial score (nSPS) is 10.7. The number of H-pyrrole nitrogens is 1. The number of fused-ring (bicyclic) bond motifs is 1. The number of pyridine rings is 1. The number of aromatic nitrogens is 1. The Hall–Kier alpha value is -2.30. The molecule has 3 rings (SSSR count). The van der Waals surface area contributed by atoms with Crippen LogP contribution >= 0.6 is 23.2 Å². The van der Waals surface area contributed by atoms with Gasteiger partial charge in [0.15, 0.2) is 0 Å². The van der Waals surface area contributed by atoms with E-state index in [0.29, 0.717) is 16.3 Å². The van der Waals surface area contributed by atoms with Gasteiger partial charge in [0, 0.05) is 27.7 Å². The van der Waals surface area contributed by atoms with Crippen molar-refractivity contribution < 1.29 is 4.79 Å². The second kappa shape index (κ2) is 6.07. The first-order valence-electron chi connectivity index (χ1n) is 6.84. The van der Waals surface area contributed by atoms with Crippen molar-refractivity contribution in [2.75, 3.05) is 5.32 Å². The molecule has 0 fully saturated rings. The van der Waals surface area contributed by atoms with Crippen molar-refractivity contribution >= 4 is 45.7 Å². The van der Waals surface area contributed by atoms with Crippen LogP contribution in [-0.4, -0.2) is 10.9 Å². The van der Waals surface area contributed by atoms with Gasteiger partial charge < -0.3 is 10.3 Å². The lowest BCUT2D eigenvalue weighted by atomic mass is 10.1. The van der Waals surface area contributed by atoms with Gasteiger partial charge in [0.25, 0.3) is 5.91 Å². The molecule has 1 amide bonds. The van der Waals surface area contributed by atoms with Crippen molar-refractivity contribution in [1.29, 1.82) is 0 Å². The highest BCUT2D eigenvalue weighted by atomic mass is 35.5. The third-order valence-electron chi connectivity index (χ3n) is 3.48. The average molecular weight is 347 g/mol. The number of hydrogen-bond donors (Lipinski definition) is 2. The lowest BCUT2D eigenvalue weighted by Crippen LogP contribution is -2.12. The minimum Gasteiger partial charge on any atom is -0.322 e. The first-order valence-corrected chi connectivity index (χ1v) is 7.60. The smallest absolute Gasteiger partial charge is 0.257 e.